The molecule has 0 aliphatic rings. The Morgan fingerprint density at radius 3 is 2.65 bits per heavy atom. The first-order chi connectivity index (χ1) is 12.4. The molecule has 7 heteroatoms. The van der Waals surface area contributed by atoms with Crippen LogP contribution in [0.25, 0.3) is 0 Å². The van der Waals surface area contributed by atoms with Crippen LogP contribution in [-0.4, -0.2) is 35.1 Å². The Hall–Kier alpha value is -2.93. The first kappa shape index (κ1) is 19.4. The van der Waals surface area contributed by atoms with Gasteiger partial charge in [-0.3, -0.25) is 9.59 Å². The lowest BCUT2D eigenvalue weighted by Crippen LogP contribution is -2.19. The highest BCUT2D eigenvalue weighted by atomic mass is 16.5. The number of anilines is 2. The van der Waals surface area contributed by atoms with E-state index in [1.165, 1.54) is 12.3 Å². The fourth-order valence-electron chi connectivity index (χ4n) is 2.18. The van der Waals surface area contributed by atoms with Gasteiger partial charge in [-0.05, 0) is 36.8 Å². The van der Waals surface area contributed by atoms with Crippen molar-refractivity contribution in [3.05, 3.63) is 47.7 Å². The lowest BCUT2D eigenvalue weighted by Gasteiger charge is -2.11. The van der Waals surface area contributed by atoms with Crippen molar-refractivity contribution >= 4 is 23.3 Å². The number of hydrogen-bond acceptors (Lipinski definition) is 5. The fourth-order valence-corrected chi connectivity index (χ4v) is 2.18. The number of nitrogens with one attached hydrogen (secondary N) is 2. The molecule has 0 spiro atoms. The summed E-state index contributed by atoms with van der Waals surface area (Å²) in [4.78, 5) is 28.3. The molecule has 1 heterocycles. The van der Waals surface area contributed by atoms with E-state index in [9.17, 15) is 9.59 Å². The number of amides is 2. The summed E-state index contributed by atoms with van der Waals surface area (Å²) in [7, 11) is 0. The largest absolute Gasteiger partial charge is 0.491 e. The average molecular weight is 357 g/mol. The number of carbonyl (C=O) groups is 2. The maximum Gasteiger partial charge on any atom is 0.255 e. The smallest absolute Gasteiger partial charge is 0.255 e. The summed E-state index contributed by atoms with van der Waals surface area (Å²) in [5.41, 5.74) is 1.86. The van der Waals surface area contributed by atoms with E-state index < -0.39 is 0 Å². The molecule has 0 unspecified atom stereocenters. The number of rotatable bonds is 7. The number of benzene rings is 1. The third-order valence-electron chi connectivity index (χ3n) is 3.47. The van der Waals surface area contributed by atoms with Gasteiger partial charge >= 0.3 is 0 Å². The topological polar surface area (TPSA) is 101 Å². The summed E-state index contributed by atoms with van der Waals surface area (Å²) in [5.74, 6) is 0.214. The zero-order valence-electron chi connectivity index (χ0n) is 15.1. The van der Waals surface area contributed by atoms with Gasteiger partial charge in [0.1, 0.15) is 18.2 Å². The summed E-state index contributed by atoms with van der Waals surface area (Å²) in [6, 6.07) is 8.40. The predicted octanol–water partition coefficient (Wildman–Crippen LogP) is 2.61. The van der Waals surface area contributed by atoms with Gasteiger partial charge in [-0.1, -0.05) is 13.8 Å². The van der Waals surface area contributed by atoms with Crippen molar-refractivity contribution in [2.24, 2.45) is 5.92 Å². The zero-order valence-corrected chi connectivity index (χ0v) is 15.1. The molecule has 0 fully saturated rings. The number of carbonyl (C=O) groups excluding carboxylic acids is 2. The highest BCUT2D eigenvalue weighted by molar-refractivity contribution is 6.05. The third kappa shape index (κ3) is 5.56. The van der Waals surface area contributed by atoms with Crippen LogP contribution in [0.3, 0.4) is 0 Å². The minimum absolute atomic E-state index is 0.0858. The Kier molecular flexibility index (Phi) is 6.68. The summed E-state index contributed by atoms with van der Waals surface area (Å²) < 4.78 is 5.39. The molecule has 2 amide bonds. The molecule has 0 atom stereocenters. The first-order valence-corrected chi connectivity index (χ1v) is 8.32. The van der Waals surface area contributed by atoms with Gasteiger partial charge < -0.3 is 20.5 Å². The Morgan fingerprint density at radius 2 is 1.96 bits per heavy atom. The lowest BCUT2D eigenvalue weighted by atomic mass is 10.2. The molecule has 0 aliphatic carbocycles. The lowest BCUT2D eigenvalue weighted by molar-refractivity contribution is -0.118. The van der Waals surface area contributed by atoms with Crippen LogP contribution >= 0.6 is 0 Å². The summed E-state index contributed by atoms with van der Waals surface area (Å²) in [6.45, 7) is 5.53. The Balaban J connectivity index is 2.12. The third-order valence-corrected chi connectivity index (χ3v) is 3.47. The first-order valence-electron chi connectivity index (χ1n) is 8.32. The summed E-state index contributed by atoms with van der Waals surface area (Å²) >= 11 is 0. The highest BCUT2D eigenvalue weighted by Gasteiger charge is 2.12. The number of aromatic nitrogens is 1. The fraction of sp³-hybridized carbons (Fsp3) is 0.316. The van der Waals surface area contributed by atoms with Crippen molar-refractivity contribution in [3.8, 4) is 5.75 Å². The number of hydrogen-bond donors (Lipinski definition) is 3. The van der Waals surface area contributed by atoms with Crippen molar-refractivity contribution in [2.45, 2.75) is 20.8 Å². The van der Waals surface area contributed by atoms with E-state index in [0.29, 0.717) is 22.8 Å². The van der Waals surface area contributed by atoms with Crippen LogP contribution in [0.2, 0.25) is 0 Å². The van der Waals surface area contributed by atoms with Crippen LogP contribution in [0.15, 0.2) is 36.5 Å². The molecule has 138 valence electrons. The Bertz CT molecular complexity index is 790. The predicted molar refractivity (Wildman–Crippen MR) is 99.4 cm³/mol. The van der Waals surface area contributed by atoms with E-state index in [1.807, 2.05) is 19.1 Å². The molecule has 2 aromatic rings. The van der Waals surface area contributed by atoms with Crippen LogP contribution in [0.4, 0.5) is 11.5 Å². The molecule has 1 aromatic heterocycles. The molecule has 0 bridgehead atoms. The molecule has 26 heavy (non-hydrogen) atoms. The van der Waals surface area contributed by atoms with E-state index in [1.54, 1.807) is 26.0 Å². The number of ether oxygens (including phenoxy) is 1. The zero-order chi connectivity index (χ0) is 19.1. The molecular formula is C19H23N3O4. The van der Waals surface area contributed by atoms with Gasteiger partial charge in [-0.2, -0.15) is 0 Å². The normalized spacial score (nSPS) is 10.5. The van der Waals surface area contributed by atoms with Crippen molar-refractivity contribution < 1.29 is 19.4 Å². The molecule has 7 nitrogen and oxygen atoms in total. The standard InChI is InChI=1S/C19H23N3O4/c1-12(2)18(24)22-17-10-14(4-5-20-17)19(25)21-15-8-13(3)9-16(11-15)26-7-6-23/h4-5,8-12,23H,6-7H2,1-3H3,(H,21,25)(H,20,22,24). The maximum atomic E-state index is 12.5. The second-order valence-electron chi connectivity index (χ2n) is 6.13. The average Bonchev–Trinajstić information content (AvgIpc) is 2.59. The van der Waals surface area contributed by atoms with Crippen molar-refractivity contribution in [3.63, 3.8) is 0 Å². The molecule has 0 aliphatic heterocycles. The maximum absolute atomic E-state index is 12.5. The van der Waals surface area contributed by atoms with Crippen molar-refractivity contribution in [1.82, 2.24) is 4.98 Å². The van der Waals surface area contributed by atoms with Crippen LogP contribution < -0.4 is 15.4 Å². The minimum atomic E-state index is -0.328. The highest BCUT2D eigenvalue weighted by Crippen LogP contribution is 2.21. The van der Waals surface area contributed by atoms with Gasteiger partial charge in [0.2, 0.25) is 5.91 Å². The van der Waals surface area contributed by atoms with Gasteiger partial charge in [-0.15, -0.1) is 0 Å². The van der Waals surface area contributed by atoms with Crippen LogP contribution in [0.1, 0.15) is 29.8 Å². The van der Waals surface area contributed by atoms with Crippen molar-refractivity contribution in [2.75, 3.05) is 23.8 Å². The molecule has 0 saturated carbocycles. The number of pyridine rings is 1. The number of aliphatic hydroxyl groups excluding tert-OH is 1. The Labute approximate surface area is 152 Å². The van der Waals surface area contributed by atoms with Crippen LogP contribution in [-0.2, 0) is 4.79 Å². The van der Waals surface area contributed by atoms with Gasteiger partial charge in [0.25, 0.3) is 5.91 Å². The molecule has 2 rings (SSSR count). The molecule has 3 N–H and O–H groups in total. The second kappa shape index (κ2) is 8.96. The summed E-state index contributed by atoms with van der Waals surface area (Å²) in [6.07, 6.45) is 1.47. The summed E-state index contributed by atoms with van der Waals surface area (Å²) in [5, 5.41) is 14.3. The molecule has 0 saturated heterocycles. The molecular weight excluding hydrogens is 334 g/mol. The van der Waals surface area contributed by atoms with Crippen LogP contribution in [0, 0.1) is 12.8 Å². The van der Waals surface area contributed by atoms with E-state index in [2.05, 4.69) is 15.6 Å². The second-order valence-corrected chi connectivity index (χ2v) is 6.13. The molecule has 1 aromatic carbocycles. The SMILES string of the molecule is Cc1cc(NC(=O)c2ccnc(NC(=O)C(C)C)c2)cc(OCCO)c1. The Morgan fingerprint density at radius 1 is 1.19 bits per heavy atom. The number of aliphatic hydroxyl groups is 1. The van der Waals surface area contributed by atoms with Gasteiger partial charge in [0.05, 0.1) is 6.61 Å². The number of aryl methyl sites for hydroxylation is 1. The molecule has 0 radical (unpaired) electrons. The van der Waals surface area contributed by atoms with Crippen molar-refractivity contribution in [1.29, 1.82) is 0 Å². The van der Waals surface area contributed by atoms with E-state index in [-0.39, 0.29) is 30.9 Å². The monoisotopic (exact) mass is 357 g/mol. The number of nitrogens with zero attached hydrogens (tertiary/aromatic N) is 1. The van der Waals surface area contributed by atoms with Crippen LogP contribution in [0.5, 0.6) is 5.75 Å². The van der Waals surface area contributed by atoms with E-state index in [0.717, 1.165) is 5.56 Å². The van der Waals surface area contributed by atoms with E-state index >= 15 is 0 Å². The quantitative estimate of drug-likeness (QED) is 0.707. The van der Waals surface area contributed by atoms with Gasteiger partial charge in [0.15, 0.2) is 0 Å². The van der Waals surface area contributed by atoms with Gasteiger partial charge in [0, 0.05) is 29.4 Å². The minimum Gasteiger partial charge on any atom is -0.491 e. The van der Waals surface area contributed by atoms with E-state index in [4.69, 9.17) is 9.84 Å². The van der Waals surface area contributed by atoms with Gasteiger partial charge in [-0.25, -0.2) is 4.98 Å².